The van der Waals surface area contributed by atoms with Gasteiger partial charge in [-0.25, -0.2) is 0 Å². The molecule has 0 aliphatic heterocycles. The third kappa shape index (κ3) is 10.4. The van der Waals surface area contributed by atoms with E-state index < -0.39 is 60.2 Å². The van der Waals surface area contributed by atoms with E-state index in [9.17, 15) is 24.0 Å². The number of rotatable bonds is 14. The quantitative estimate of drug-likeness (QED) is 0.200. The van der Waals surface area contributed by atoms with Crippen LogP contribution >= 0.6 is 11.8 Å². The van der Waals surface area contributed by atoms with Crippen LogP contribution in [0.15, 0.2) is 30.3 Å². The zero-order chi connectivity index (χ0) is 25.0. The molecule has 1 rings (SSSR count). The van der Waals surface area contributed by atoms with Crippen LogP contribution in [0.5, 0.6) is 0 Å². The summed E-state index contributed by atoms with van der Waals surface area (Å²) < 4.78 is 0. The Kier molecular flexibility index (Phi) is 11.9. The molecule has 0 aromatic heterocycles. The maximum absolute atomic E-state index is 12.8. The van der Waals surface area contributed by atoms with Crippen molar-refractivity contribution in [2.75, 3.05) is 12.0 Å². The Morgan fingerprint density at radius 3 is 2.06 bits per heavy atom. The Balaban J connectivity index is 2.88. The van der Waals surface area contributed by atoms with Gasteiger partial charge in [-0.15, -0.1) is 0 Å². The average Bonchev–Trinajstić information content (AvgIpc) is 2.75. The van der Waals surface area contributed by atoms with Gasteiger partial charge in [0.25, 0.3) is 0 Å². The molecule has 0 aliphatic rings. The molecule has 7 N–H and O–H groups in total. The second kappa shape index (κ2) is 14.1. The molecule has 0 saturated heterocycles. The number of thioether (sulfide) groups is 1. The van der Waals surface area contributed by atoms with E-state index in [1.807, 2.05) is 36.6 Å². The summed E-state index contributed by atoms with van der Waals surface area (Å²) >= 11 is 1.43. The molecule has 0 spiro atoms. The molecular weight excluding hydrogens is 452 g/mol. The highest BCUT2D eigenvalue weighted by Gasteiger charge is 2.30. The first-order chi connectivity index (χ1) is 15.5. The van der Waals surface area contributed by atoms with Gasteiger partial charge in [0, 0.05) is 0 Å². The van der Waals surface area contributed by atoms with Crippen LogP contribution in [0.25, 0.3) is 0 Å². The fraction of sp³-hybridized carbons (Fsp3) is 0.476. The Bertz CT molecular complexity index is 837. The fourth-order valence-corrected chi connectivity index (χ4v) is 3.25. The molecule has 0 radical (unpaired) electrons. The first-order valence-electron chi connectivity index (χ1n) is 10.2. The topological polar surface area (TPSA) is 188 Å². The number of carbonyl (C=O) groups is 5. The lowest BCUT2D eigenvalue weighted by atomic mass is 10.1. The van der Waals surface area contributed by atoms with Crippen molar-refractivity contribution in [1.29, 1.82) is 0 Å². The number of amides is 3. The number of aliphatic carboxylic acids is 2. The van der Waals surface area contributed by atoms with Gasteiger partial charge in [0.1, 0.15) is 18.1 Å². The number of benzene rings is 1. The van der Waals surface area contributed by atoms with Crippen LogP contribution in [0.4, 0.5) is 0 Å². The molecule has 12 heteroatoms. The Morgan fingerprint density at radius 1 is 0.939 bits per heavy atom. The van der Waals surface area contributed by atoms with Crippen LogP contribution in [0.1, 0.15) is 25.3 Å². The van der Waals surface area contributed by atoms with Gasteiger partial charge in [0.15, 0.2) is 0 Å². The molecule has 3 amide bonds. The lowest BCUT2D eigenvalue weighted by Crippen LogP contribution is -2.57. The Labute approximate surface area is 195 Å². The molecule has 4 unspecified atom stereocenters. The first-order valence-corrected chi connectivity index (χ1v) is 11.6. The van der Waals surface area contributed by atoms with Crippen LogP contribution in [0, 0.1) is 0 Å². The molecule has 0 bridgehead atoms. The summed E-state index contributed by atoms with van der Waals surface area (Å²) in [6.45, 7) is 1.20. The fourth-order valence-electron chi connectivity index (χ4n) is 2.78. The summed E-state index contributed by atoms with van der Waals surface area (Å²) in [6, 6.07) is 4.30. The van der Waals surface area contributed by atoms with Crippen LogP contribution in [-0.2, 0) is 30.4 Å². The maximum Gasteiger partial charge on any atom is 0.325 e. The standard InChI is InChI=1S/C21H30N4O7S/c1-12(21(31)32)23-20(30)16(11-17(26)27)25-19(29)15(8-9-33-2)24-18(28)14(22)10-13-6-4-3-5-7-13/h3-7,12,14-16H,8-11,22H2,1-2H3,(H,23,30)(H,24,28)(H,25,29)(H,26,27)(H,31,32). The monoisotopic (exact) mass is 482 g/mol. The lowest BCUT2D eigenvalue weighted by molar-refractivity contribution is -0.143. The van der Waals surface area contributed by atoms with Crippen molar-refractivity contribution >= 4 is 41.4 Å². The normalized spacial score (nSPS) is 14.3. The van der Waals surface area contributed by atoms with Gasteiger partial charge >= 0.3 is 11.9 Å². The van der Waals surface area contributed by atoms with E-state index >= 15 is 0 Å². The van der Waals surface area contributed by atoms with Crippen molar-refractivity contribution in [3.05, 3.63) is 35.9 Å². The van der Waals surface area contributed by atoms with E-state index in [0.29, 0.717) is 5.75 Å². The van der Waals surface area contributed by atoms with Crippen LogP contribution in [0.3, 0.4) is 0 Å². The van der Waals surface area contributed by atoms with E-state index in [1.165, 1.54) is 18.7 Å². The summed E-state index contributed by atoms with van der Waals surface area (Å²) in [7, 11) is 0. The minimum atomic E-state index is -1.52. The molecule has 0 aliphatic carbocycles. The van der Waals surface area contributed by atoms with Crippen molar-refractivity contribution in [2.24, 2.45) is 5.73 Å². The molecule has 4 atom stereocenters. The minimum absolute atomic E-state index is 0.212. The molecule has 182 valence electrons. The van der Waals surface area contributed by atoms with Gasteiger partial charge in [-0.3, -0.25) is 24.0 Å². The number of nitrogens with one attached hydrogen (secondary N) is 3. The van der Waals surface area contributed by atoms with Gasteiger partial charge in [0.2, 0.25) is 17.7 Å². The smallest absolute Gasteiger partial charge is 0.325 e. The second-order valence-electron chi connectivity index (χ2n) is 7.37. The Hall–Kier alpha value is -3.12. The molecule has 1 aromatic rings. The summed E-state index contributed by atoms with van der Waals surface area (Å²) in [5, 5.41) is 25.0. The van der Waals surface area contributed by atoms with Crippen LogP contribution in [0.2, 0.25) is 0 Å². The molecular formula is C21H30N4O7S. The number of hydrogen-bond donors (Lipinski definition) is 6. The predicted molar refractivity (Wildman–Crippen MR) is 122 cm³/mol. The SMILES string of the molecule is CSCCC(NC(=O)C(N)Cc1ccccc1)C(=O)NC(CC(=O)O)C(=O)NC(C)C(=O)O. The van der Waals surface area contributed by atoms with Gasteiger partial charge < -0.3 is 31.9 Å². The number of nitrogens with two attached hydrogens (primary N) is 1. The van der Waals surface area contributed by atoms with Gasteiger partial charge in [0.05, 0.1) is 12.5 Å². The van der Waals surface area contributed by atoms with Crippen molar-refractivity contribution < 1.29 is 34.2 Å². The molecule has 0 saturated carbocycles. The second-order valence-corrected chi connectivity index (χ2v) is 8.35. The number of carbonyl (C=O) groups excluding carboxylic acids is 3. The van der Waals surface area contributed by atoms with Crippen molar-refractivity contribution in [3.63, 3.8) is 0 Å². The number of hydrogen-bond acceptors (Lipinski definition) is 7. The molecule has 11 nitrogen and oxygen atoms in total. The zero-order valence-corrected chi connectivity index (χ0v) is 19.3. The first kappa shape index (κ1) is 27.9. The summed E-state index contributed by atoms with van der Waals surface area (Å²) in [6.07, 6.45) is 1.51. The number of carboxylic acid groups (broad SMARTS) is 2. The zero-order valence-electron chi connectivity index (χ0n) is 18.4. The highest BCUT2D eigenvalue weighted by molar-refractivity contribution is 7.98. The summed E-state index contributed by atoms with van der Waals surface area (Å²) in [4.78, 5) is 59.9. The maximum atomic E-state index is 12.8. The highest BCUT2D eigenvalue weighted by Crippen LogP contribution is 2.06. The average molecular weight is 483 g/mol. The predicted octanol–water partition coefficient (Wildman–Crippen LogP) is -0.657. The third-order valence-electron chi connectivity index (χ3n) is 4.62. The van der Waals surface area contributed by atoms with E-state index in [-0.39, 0.29) is 12.8 Å². The third-order valence-corrected chi connectivity index (χ3v) is 5.26. The lowest BCUT2D eigenvalue weighted by Gasteiger charge is -2.24. The Morgan fingerprint density at radius 2 is 1.52 bits per heavy atom. The summed E-state index contributed by atoms with van der Waals surface area (Å²) in [5.74, 6) is -4.49. The van der Waals surface area contributed by atoms with Gasteiger partial charge in [-0.1, -0.05) is 30.3 Å². The minimum Gasteiger partial charge on any atom is -0.481 e. The highest BCUT2D eigenvalue weighted by atomic mass is 32.2. The van der Waals surface area contributed by atoms with Crippen LogP contribution < -0.4 is 21.7 Å². The van der Waals surface area contributed by atoms with Gasteiger partial charge in [-0.05, 0) is 37.3 Å². The van der Waals surface area contributed by atoms with Crippen molar-refractivity contribution in [2.45, 2.75) is 50.4 Å². The van der Waals surface area contributed by atoms with Crippen molar-refractivity contribution in [1.82, 2.24) is 16.0 Å². The molecule has 0 fully saturated rings. The van der Waals surface area contributed by atoms with Crippen molar-refractivity contribution in [3.8, 4) is 0 Å². The summed E-state index contributed by atoms with van der Waals surface area (Å²) in [5.41, 5.74) is 6.82. The molecule has 33 heavy (non-hydrogen) atoms. The molecule has 1 aromatic carbocycles. The van der Waals surface area contributed by atoms with E-state index in [4.69, 9.17) is 15.9 Å². The van der Waals surface area contributed by atoms with E-state index in [0.717, 1.165) is 5.56 Å². The largest absolute Gasteiger partial charge is 0.481 e. The van der Waals surface area contributed by atoms with Gasteiger partial charge in [-0.2, -0.15) is 11.8 Å². The molecule has 0 heterocycles. The number of carboxylic acids is 2. The van der Waals surface area contributed by atoms with E-state index in [2.05, 4.69) is 16.0 Å². The van der Waals surface area contributed by atoms with E-state index in [1.54, 1.807) is 0 Å². The van der Waals surface area contributed by atoms with Crippen LogP contribution in [-0.4, -0.2) is 76.0 Å².